The molecule has 0 spiro atoms. The molecule has 0 saturated heterocycles. The van der Waals surface area contributed by atoms with Gasteiger partial charge in [-0.15, -0.1) is 0 Å². The molecule has 1 aromatic heterocycles. The van der Waals surface area contributed by atoms with Crippen LogP contribution >= 0.6 is 0 Å². The number of ether oxygens (including phenoxy) is 1. The molecule has 2 N–H and O–H groups in total. The molecule has 0 radical (unpaired) electrons. The summed E-state index contributed by atoms with van der Waals surface area (Å²) in [4.78, 5) is 0. The van der Waals surface area contributed by atoms with Gasteiger partial charge in [-0.1, -0.05) is 12.1 Å². The molecule has 2 rings (SSSR count). The molecule has 4 nitrogen and oxygen atoms in total. The van der Waals surface area contributed by atoms with Crippen LogP contribution in [0.25, 0.3) is 0 Å². The van der Waals surface area contributed by atoms with E-state index in [-0.39, 0.29) is 6.04 Å². The molecule has 0 fully saturated rings. The zero-order chi connectivity index (χ0) is 13.1. The summed E-state index contributed by atoms with van der Waals surface area (Å²) in [5.41, 5.74) is 9.50. The van der Waals surface area contributed by atoms with Crippen LogP contribution in [-0.4, -0.2) is 16.9 Å². The van der Waals surface area contributed by atoms with Crippen molar-refractivity contribution in [3.05, 3.63) is 47.3 Å². The maximum Gasteiger partial charge on any atom is 0.119 e. The van der Waals surface area contributed by atoms with Gasteiger partial charge in [0.15, 0.2) is 0 Å². The van der Waals surface area contributed by atoms with E-state index in [0.717, 1.165) is 23.4 Å². The van der Waals surface area contributed by atoms with Gasteiger partial charge in [0.1, 0.15) is 5.75 Å². The predicted octanol–water partition coefficient (Wildman–Crippen LogP) is 1.98. The normalized spacial score (nSPS) is 12.4. The molecule has 1 aromatic carbocycles. The number of benzene rings is 1. The second kappa shape index (κ2) is 5.23. The van der Waals surface area contributed by atoms with Gasteiger partial charge in [0.05, 0.1) is 12.8 Å². The highest BCUT2D eigenvalue weighted by Crippen LogP contribution is 2.21. The van der Waals surface area contributed by atoms with Gasteiger partial charge in [0, 0.05) is 24.8 Å². The van der Waals surface area contributed by atoms with E-state index >= 15 is 0 Å². The van der Waals surface area contributed by atoms with Gasteiger partial charge < -0.3 is 10.5 Å². The molecule has 4 heteroatoms. The molecule has 18 heavy (non-hydrogen) atoms. The summed E-state index contributed by atoms with van der Waals surface area (Å²) in [6, 6.07) is 7.96. The standard InChI is InChI=1S/C14H19N3O/c1-10-13(9-17(2)16-10)14(15)8-11-5-4-6-12(7-11)18-3/h4-7,9,14H,8,15H2,1-3H3. The van der Waals surface area contributed by atoms with Gasteiger partial charge >= 0.3 is 0 Å². The zero-order valence-corrected chi connectivity index (χ0v) is 11.1. The van der Waals surface area contributed by atoms with E-state index in [1.807, 2.05) is 38.4 Å². The Labute approximate surface area is 107 Å². The van der Waals surface area contributed by atoms with E-state index in [1.165, 1.54) is 5.56 Å². The molecule has 0 aliphatic carbocycles. The molecule has 96 valence electrons. The Hall–Kier alpha value is -1.81. The van der Waals surface area contributed by atoms with Gasteiger partial charge in [0.2, 0.25) is 0 Å². The Morgan fingerprint density at radius 3 is 2.83 bits per heavy atom. The topological polar surface area (TPSA) is 53.1 Å². The third kappa shape index (κ3) is 2.71. The molecule has 0 aliphatic heterocycles. The summed E-state index contributed by atoms with van der Waals surface area (Å²) in [5, 5.41) is 4.32. The summed E-state index contributed by atoms with van der Waals surface area (Å²) < 4.78 is 7.01. The van der Waals surface area contributed by atoms with Gasteiger partial charge in [-0.3, -0.25) is 4.68 Å². The van der Waals surface area contributed by atoms with Gasteiger partial charge in [-0.05, 0) is 31.0 Å². The SMILES string of the molecule is COc1cccc(CC(N)c2cn(C)nc2C)c1. The molecule has 0 amide bonds. The van der Waals surface area contributed by atoms with Crippen LogP contribution in [-0.2, 0) is 13.5 Å². The molecule has 0 aliphatic rings. The number of methoxy groups -OCH3 is 1. The number of nitrogens with two attached hydrogens (primary N) is 1. The first-order valence-corrected chi connectivity index (χ1v) is 5.99. The number of hydrogen-bond donors (Lipinski definition) is 1. The first-order chi connectivity index (χ1) is 8.60. The minimum atomic E-state index is -0.0363. The highest BCUT2D eigenvalue weighted by molar-refractivity contribution is 5.30. The molecule has 2 aromatic rings. The van der Waals surface area contributed by atoms with Crippen LogP contribution in [0.5, 0.6) is 5.75 Å². The molecule has 0 saturated carbocycles. The Bertz CT molecular complexity index is 534. The van der Waals surface area contributed by atoms with Gasteiger partial charge in [0.25, 0.3) is 0 Å². The monoisotopic (exact) mass is 245 g/mol. The third-order valence-corrected chi connectivity index (χ3v) is 3.04. The first-order valence-electron chi connectivity index (χ1n) is 5.99. The number of rotatable bonds is 4. The summed E-state index contributed by atoms with van der Waals surface area (Å²) in [5.74, 6) is 0.864. The fourth-order valence-corrected chi connectivity index (χ4v) is 2.15. The lowest BCUT2D eigenvalue weighted by Crippen LogP contribution is -2.13. The van der Waals surface area contributed by atoms with E-state index in [1.54, 1.807) is 11.8 Å². The maximum atomic E-state index is 6.24. The van der Waals surface area contributed by atoms with Crippen molar-refractivity contribution < 1.29 is 4.74 Å². The smallest absolute Gasteiger partial charge is 0.119 e. The van der Waals surface area contributed by atoms with Crippen LogP contribution in [0, 0.1) is 6.92 Å². The van der Waals surface area contributed by atoms with E-state index in [9.17, 15) is 0 Å². The molecule has 0 bridgehead atoms. The largest absolute Gasteiger partial charge is 0.497 e. The van der Waals surface area contributed by atoms with Gasteiger partial charge in [-0.2, -0.15) is 5.10 Å². The van der Waals surface area contributed by atoms with Crippen molar-refractivity contribution in [2.24, 2.45) is 12.8 Å². The summed E-state index contributed by atoms with van der Waals surface area (Å²) >= 11 is 0. The lowest BCUT2D eigenvalue weighted by atomic mass is 10.0. The average Bonchev–Trinajstić information content (AvgIpc) is 2.69. The van der Waals surface area contributed by atoms with Crippen molar-refractivity contribution in [2.75, 3.05) is 7.11 Å². The van der Waals surface area contributed by atoms with E-state index < -0.39 is 0 Å². The molecule has 1 unspecified atom stereocenters. The average molecular weight is 245 g/mol. The van der Waals surface area contributed by atoms with Crippen molar-refractivity contribution in [3.63, 3.8) is 0 Å². The Morgan fingerprint density at radius 2 is 2.22 bits per heavy atom. The lowest BCUT2D eigenvalue weighted by molar-refractivity contribution is 0.414. The number of aromatic nitrogens is 2. The van der Waals surface area contributed by atoms with Crippen molar-refractivity contribution in [3.8, 4) is 5.75 Å². The molecular formula is C14H19N3O. The highest BCUT2D eigenvalue weighted by Gasteiger charge is 2.13. The predicted molar refractivity (Wildman–Crippen MR) is 71.6 cm³/mol. The Kier molecular flexibility index (Phi) is 3.67. The number of aryl methyl sites for hydroxylation is 2. The van der Waals surface area contributed by atoms with E-state index in [4.69, 9.17) is 10.5 Å². The van der Waals surface area contributed by atoms with Crippen LogP contribution in [0.3, 0.4) is 0 Å². The first kappa shape index (κ1) is 12.6. The van der Waals surface area contributed by atoms with E-state index in [0.29, 0.717) is 0 Å². The highest BCUT2D eigenvalue weighted by atomic mass is 16.5. The number of hydrogen-bond acceptors (Lipinski definition) is 3. The van der Waals surface area contributed by atoms with Crippen LogP contribution < -0.4 is 10.5 Å². The van der Waals surface area contributed by atoms with E-state index in [2.05, 4.69) is 11.2 Å². The van der Waals surface area contributed by atoms with Crippen molar-refractivity contribution in [2.45, 2.75) is 19.4 Å². The maximum absolute atomic E-state index is 6.24. The summed E-state index contributed by atoms with van der Waals surface area (Å²) in [6.45, 7) is 1.99. The van der Waals surface area contributed by atoms with Crippen LogP contribution in [0.2, 0.25) is 0 Å². The summed E-state index contributed by atoms with van der Waals surface area (Å²) in [7, 11) is 3.58. The molecule has 1 atom stereocenters. The molecular weight excluding hydrogens is 226 g/mol. The quantitative estimate of drug-likeness (QED) is 0.896. The summed E-state index contributed by atoms with van der Waals surface area (Å²) in [6.07, 6.45) is 2.77. The van der Waals surface area contributed by atoms with Crippen molar-refractivity contribution in [1.82, 2.24) is 9.78 Å². The second-order valence-corrected chi connectivity index (χ2v) is 4.51. The molecule has 1 heterocycles. The zero-order valence-electron chi connectivity index (χ0n) is 11.1. The Morgan fingerprint density at radius 1 is 1.44 bits per heavy atom. The van der Waals surface area contributed by atoms with Crippen LogP contribution in [0.4, 0.5) is 0 Å². The minimum absolute atomic E-state index is 0.0363. The van der Waals surface area contributed by atoms with Gasteiger partial charge in [-0.25, -0.2) is 0 Å². The van der Waals surface area contributed by atoms with Crippen LogP contribution in [0.1, 0.15) is 22.9 Å². The number of nitrogens with zero attached hydrogens (tertiary/aromatic N) is 2. The minimum Gasteiger partial charge on any atom is -0.497 e. The van der Waals surface area contributed by atoms with Crippen molar-refractivity contribution >= 4 is 0 Å². The third-order valence-electron chi connectivity index (χ3n) is 3.04. The van der Waals surface area contributed by atoms with Crippen LogP contribution in [0.15, 0.2) is 30.5 Å². The fourth-order valence-electron chi connectivity index (χ4n) is 2.15. The van der Waals surface area contributed by atoms with Crippen molar-refractivity contribution in [1.29, 1.82) is 0 Å². The lowest BCUT2D eigenvalue weighted by Gasteiger charge is -2.11. The fraction of sp³-hybridized carbons (Fsp3) is 0.357. The second-order valence-electron chi connectivity index (χ2n) is 4.51. The Balaban J connectivity index is 2.15.